The van der Waals surface area contributed by atoms with Crippen molar-refractivity contribution in [2.45, 2.75) is 44.6 Å². The first-order valence-corrected chi connectivity index (χ1v) is 13.5. The summed E-state index contributed by atoms with van der Waals surface area (Å²) >= 11 is 0. The van der Waals surface area contributed by atoms with Gasteiger partial charge in [-0.25, -0.2) is 4.79 Å². The molecule has 1 amide bonds. The Morgan fingerprint density at radius 2 is 1.57 bits per heavy atom. The molecule has 3 N–H and O–H groups in total. The van der Waals surface area contributed by atoms with Gasteiger partial charge in [0, 0.05) is 19.0 Å². The SMILES string of the molecule is O=C(O)CCCN1CC(C(=O)O)Oc2c(NC(=O)C=Cc3ccc(CCCCc4ccccc4)cc3)cccc21. The van der Waals surface area contributed by atoms with Gasteiger partial charge in [0.15, 0.2) is 5.75 Å². The molecule has 0 radical (unpaired) electrons. The second kappa shape index (κ2) is 14.0. The van der Waals surface area contributed by atoms with Crippen molar-refractivity contribution >= 4 is 35.3 Å². The number of benzene rings is 3. The molecular formula is C32H34N2O6. The molecule has 3 aromatic rings. The highest BCUT2D eigenvalue weighted by molar-refractivity contribution is 6.03. The topological polar surface area (TPSA) is 116 Å². The molecule has 1 aliphatic rings. The fourth-order valence-electron chi connectivity index (χ4n) is 4.68. The zero-order valence-electron chi connectivity index (χ0n) is 22.3. The van der Waals surface area contributed by atoms with Crippen LogP contribution in [0.5, 0.6) is 5.75 Å². The summed E-state index contributed by atoms with van der Waals surface area (Å²) in [7, 11) is 0. The van der Waals surface area contributed by atoms with E-state index in [0.717, 1.165) is 31.2 Å². The average molecular weight is 543 g/mol. The summed E-state index contributed by atoms with van der Waals surface area (Å²) in [5.74, 6) is -2.16. The minimum absolute atomic E-state index is 0.0269. The van der Waals surface area contributed by atoms with Crippen molar-refractivity contribution in [2.75, 3.05) is 23.3 Å². The molecule has 4 rings (SSSR count). The van der Waals surface area contributed by atoms with Crippen LogP contribution in [0.15, 0.2) is 78.9 Å². The van der Waals surface area contributed by atoms with Crippen LogP contribution >= 0.6 is 0 Å². The van der Waals surface area contributed by atoms with E-state index < -0.39 is 18.0 Å². The highest BCUT2D eigenvalue weighted by Gasteiger charge is 2.32. The van der Waals surface area contributed by atoms with Crippen LogP contribution in [-0.2, 0) is 27.2 Å². The Balaban J connectivity index is 1.33. The second-order valence-electron chi connectivity index (χ2n) is 9.80. The summed E-state index contributed by atoms with van der Waals surface area (Å²) in [5.41, 5.74) is 4.48. The fraction of sp³-hybridized carbons (Fsp3) is 0.281. The van der Waals surface area contributed by atoms with Crippen LogP contribution in [0.4, 0.5) is 11.4 Å². The molecule has 8 heteroatoms. The fourth-order valence-corrected chi connectivity index (χ4v) is 4.68. The Kier molecular flexibility index (Phi) is 9.93. The number of carboxylic acids is 2. The summed E-state index contributed by atoms with van der Waals surface area (Å²) in [4.78, 5) is 37.1. The molecule has 0 spiro atoms. The van der Waals surface area contributed by atoms with E-state index in [2.05, 4.69) is 41.7 Å². The molecule has 1 aliphatic heterocycles. The summed E-state index contributed by atoms with van der Waals surface area (Å²) in [6.07, 6.45) is 6.66. The van der Waals surface area contributed by atoms with E-state index in [1.165, 1.54) is 17.2 Å². The molecule has 40 heavy (non-hydrogen) atoms. The van der Waals surface area contributed by atoms with Crippen molar-refractivity contribution in [3.8, 4) is 5.75 Å². The van der Waals surface area contributed by atoms with Gasteiger partial charge in [-0.3, -0.25) is 9.59 Å². The third-order valence-corrected chi connectivity index (χ3v) is 6.76. The van der Waals surface area contributed by atoms with Gasteiger partial charge >= 0.3 is 11.9 Å². The minimum atomic E-state index is -1.14. The number of para-hydroxylation sites is 1. The number of unbranched alkanes of at least 4 members (excludes halogenated alkanes) is 1. The third kappa shape index (κ3) is 8.20. The number of carbonyl (C=O) groups is 3. The minimum Gasteiger partial charge on any atom is -0.481 e. The van der Waals surface area contributed by atoms with Gasteiger partial charge < -0.3 is 25.2 Å². The van der Waals surface area contributed by atoms with Gasteiger partial charge in [0.2, 0.25) is 12.0 Å². The van der Waals surface area contributed by atoms with E-state index in [9.17, 15) is 19.5 Å². The lowest BCUT2D eigenvalue weighted by molar-refractivity contribution is -0.145. The normalized spacial score (nSPS) is 14.4. The maximum absolute atomic E-state index is 12.7. The molecule has 0 fully saturated rings. The van der Waals surface area contributed by atoms with Gasteiger partial charge in [0.1, 0.15) is 0 Å². The number of rotatable bonds is 13. The summed E-state index contributed by atoms with van der Waals surface area (Å²) in [6.45, 7) is 0.440. The molecule has 0 aromatic heterocycles. The van der Waals surface area contributed by atoms with Gasteiger partial charge in [-0.15, -0.1) is 0 Å². The molecule has 1 heterocycles. The van der Waals surface area contributed by atoms with E-state index >= 15 is 0 Å². The lowest BCUT2D eigenvalue weighted by Crippen LogP contribution is -2.45. The van der Waals surface area contributed by atoms with Crippen LogP contribution in [0, 0.1) is 0 Å². The molecule has 0 saturated carbocycles. The first kappa shape index (κ1) is 28.4. The number of carbonyl (C=O) groups excluding carboxylic acids is 1. The molecule has 8 nitrogen and oxygen atoms in total. The van der Waals surface area contributed by atoms with Crippen molar-refractivity contribution in [1.29, 1.82) is 0 Å². The highest BCUT2D eigenvalue weighted by Crippen LogP contribution is 2.40. The van der Waals surface area contributed by atoms with Crippen molar-refractivity contribution in [1.82, 2.24) is 0 Å². The number of hydrogen-bond acceptors (Lipinski definition) is 5. The Bertz CT molecular complexity index is 1340. The number of anilines is 2. The number of ether oxygens (including phenoxy) is 1. The molecule has 1 unspecified atom stereocenters. The van der Waals surface area contributed by atoms with E-state index in [4.69, 9.17) is 9.84 Å². The second-order valence-corrected chi connectivity index (χ2v) is 9.80. The zero-order chi connectivity index (χ0) is 28.3. The van der Waals surface area contributed by atoms with Crippen LogP contribution < -0.4 is 15.0 Å². The zero-order valence-corrected chi connectivity index (χ0v) is 22.3. The molecule has 0 bridgehead atoms. The van der Waals surface area contributed by atoms with Crippen molar-refractivity contribution < 1.29 is 29.3 Å². The van der Waals surface area contributed by atoms with Gasteiger partial charge in [-0.1, -0.05) is 60.7 Å². The first-order valence-electron chi connectivity index (χ1n) is 13.5. The predicted octanol–water partition coefficient (Wildman–Crippen LogP) is 5.42. The predicted molar refractivity (Wildman–Crippen MR) is 155 cm³/mol. The van der Waals surface area contributed by atoms with Crippen LogP contribution in [0.1, 0.15) is 42.4 Å². The van der Waals surface area contributed by atoms with E-state index in [1.54, 1.807) is 29.2 Å². The Hall–Kier alpha value is -4.59. The molecule has 0 aliphatic carbocycles. The number of hydrogen-bond donors (Lipinski definition) is 3. The number of amides is 1. The van der Waals surface area contributed by atoms with Crippen LogP contribution in [0.3, 0.4) is 0 Å². The van der Waals surface area contributed by atoms with Crippen LogP contribution in [0.2, 0.25) is 0 Å². The molecule has 3 aromatic carbocycles. The standard InChI is InChI=1S/C32H34N2O6/c35-29(20-19-25-17-15-24(16-18-25)11-5-4-10-23-8-2-1-3-9-23)33-26-12-6-13-27-31(26)40-28(32(38)39)22-34(27)21-7-14-30(36)37/h1-3,6,8-9,12-13,15-20,28H,4-5,7,10-11,14,21-22H2,(H,33,35)(H,36,37)(H,38,39). The van der Waals surface area contributed by atoms with Crippen molar-refractivity contribution in [3.63, 3.8) is 0 Å². The Morgan fingerprint density at radius 1 is 0.875 bits per heavy atom. The average Bonchev–Trinajstić information content (AvgIpc) is 2.95. The molecular weight excluding hydrogens is 508 g/mol. The maximum atomic E-state index is 12.7. The van der Waals surface area contributed by atoms with Gasteiger partial charge in [-0.05, 0) is 67.0 Å². The highest BCUT2D eigenvalue weighted by atomic mass is 16.5. The quantitative estimate of drug-likeness (QED) is 0.195. The largest absolute Gasteiger partial charge is 0.481 e. The Morgan fingerprint density at radius 3 is 2.25 bits per heavy atom. The first-order chi connectivity index (χ1) is 19.4. The van der Waals surface area contributed by atoms with E-state index in [-0.39, 0.29) is 24.6 Å². The number of carboxylic acid groups (broad SMARTS) is 2. The number of nitrogens with one attached hydrogen (secondary N) is 1. The third-order valence-electron chi connectivity index (χ3n) is 6.76. The van der Waals surface area contributed by atoms with Crippen molar-refractivity contribution in [2.24, 2.45) is 0 Å². The van der Waals surface area contributed by atoms with Gasteiger partial charge in [0.05, 0.1) is 17.9 Å². The number of nitrogens with zero attached hydrogens (tertiary/aromatic N) is 1. The molecule has 1 atom stereocenters. The summed E-state index contributed by atoms with van der Waals surface area (Å²) in [5, 5.41) is 21.3. The number of aliphatic carboxylic acids is 2. The maximum Gasteiger partial charge on any atom is 0.346 e. The number of fused-ring (bicyclic) bond motifs is 1. The monoisotopic (exact) mass is 542 g/mol. The van der Waals surface area contributed by atoms with Crippen molar-refractivity contribution in [3.05, 3.63) is 95.6 Å². The van der Waals surface area contributed by atoms with Gasteiger partial charge in [-0.2, -0.15) is 0 Å². The van der Waals surface area contributed by atoms with E-state index in [1.807, 2.05) is 18.2 Å². The number of aryl methyl sites for hydroxylation is 2. The van der Waals surface area contributed by atoms with Gasteiger partial charge in [0.25, 0.3) is 0 Å². The lowest BCUT2D eigenvalue weighted by Gasteiger charge is -2.35. The summed E-state index contributed by atoms with van der Waals surface area (Å²) in [6, 6.07) is 23.8. The van der Waals surface area contributed by atoms with E-state index in [0.29, 0.717) is 24.3 Å². The smallest absolute Gasteiger partial charge is 0.346 e. The molecule has 0 saturated heterocycles. The molecule has 208 valence electrons. The Labute approximate surface area is 233 Å². The van der Waals surface area contributed by atoms with Crippen LogP contribution in [0.25, 0.3) is 6.08 Å². The van der Waals surface area contributed by atoms with Crippen LogP contribution in [-0.4, -0.2) is 47.3 Å². The lowest BCUT2D eigenvalue weighted by atomic mass is 10.0. The summed E-state index contributed by atoms with van der Waals surface area (Å²) < 4.78 is 5.73.